The van der Waals surface area contributed by atoms with Crippen LogP contribution in [0.25, 0.3) is 0 Å². The van der Waals surface area contributed by atoms with Crippen LogP contribution in [0.4, 0.5) is 5.69 Å². The zero-order chi connectivity index (χ0) is 15.1. The molecule has 1 aromatic rings. The minimum Gasteiger partial charge on any atom is -0.389 e. The second-order valence-corrected chi connectivity index (χ2v) is 6.13. The largest absolute Gasteiger partial charge is 0.389 e. The van der Waals surface area contributed by atoms with E-state index in [0.29, 0.717) is 19.1 Å². The van der Waals surface area contributed by atoms with Crippen molar-refractivity contribution in [1.82, 2.24) is 0 Å². The Kier molecular flexibility index (Phi) is 7.03. The van der Waals surface area contributed by atoms with Crippen LogP contribution in [-0.4, -0.2) is 30.5 Å². The van der Waals surface area contributed by atoms with Gasteiger partial charge in [-0.2, -0.15) is 0 Å². The van der Waals surface area contributed by atoms with Crippen LogP contribution in [0.5, 0.6) is 0 Å². The number of ether oxygens (including phenoxy) is 1. The van der Waals surface area contributed by atoms with E-state index in [-0.39, 0.29) is 6.10 Å². The van der Waals surface area contributed by atoms with E-state index in [1.54, 1.807) is 0 Å². The van der Waals surface area contributed by atoms with Crippen LogP contribution in [0.15, 0.2) is 18.2 Å². The Bertz CT molecular complexity index is 404. The van der Waals surface area contributed by atoms with Gasteiger partial charge in [-0.1, -0.05) is 31.5 Å². The number of aliphatic hydroxyl groups is 1. The lowest BCUT2D eigenvalue weighted by Gasteiger charge is -2.19. The number of hydrogen-bond acceptors (Lipinski definition) is 3. The molecule has 0 saturated carbocycles. The molecular formula is C17H29NO2. The van der Waals surface area contributed by atoms with Crippen molar-refractivity contribution < 1.29 is 9.84 Å². The first-order valence-corrected chi connectivity index (χ1v) is 7.49. The molecule has 0 aliphatic rings. The van der Waals surface area contributed by atoms with Crippen LogP contribution >= 0.6 is 0 Å². The summed E-state index contributed by atoms with van der Waals surface area (Å²) in [5.74, 6) is 0.621. The fourth-order valence-corrected chi connectivity index (χ4v) is 2.31. The summed E-state index contributed by atoms with van der Waals surface area (Å²) in [4.78, 5) is 0. The highest BCUT2D eigenvalue weighted by molar-refractivity contribution is 5.51. The zero-order valence-corrected chi connectivity index (χ0v) is 13.4. The smallest absolute Gasteiger partial charge is 0.0945 e. The predicted octanol–water partition coefficient (Wildman–Crippen LogP) is 3.53. The van der Waals surface area contributed by atoms with Gasteiger partial charge in [0.2, 0.25) is 0 Å². The molecule has 0 heterocycles. The van der Waals surface area contributed by atoms with Crippen LogP contribution in [-0.2, 0) is 4.74 Å². The fourth-order valence-electron chi connectivity index (χ4n) is 2.31. The van der Waals surface area contributed by atoms with Crippen molar-refractivity contribution >= 4 is 5.69 Å². The Morgan fingerprint density at radius 2 is 1.90 bits per heavy atom. The van der Waals surface area contributed by atoms with Gasteiger partial charge < -0.3 is 15.2 Å². The van der Waals surface area contributed by atoms with Gasteiger partial charge in [-0.25, -0.2) is 0 Å². The highest BCUT2D eigenvalue weighted by Gasteiger charge is 2.10. The first-order valence-electron chi connectivity index (χ1n) is 7.49. The van der Waals surface area contributed by atoms with Crippen molar-refractivity contribution in [3.63, 3.8) is 0 Å². The molecule has 2 N–H and O–H groups in total. The first kappa shape index (κ1) is 17.0. The molecule has 0 spiro atoms. The molecule has 0 radical (unpaired) electrons. The molecule has 0 saturated heterocycles. The van der Waals surface area contributed by atoms with Crippen molar-refractivity contribution in [2.45, 2.75) is 53.2 Å². The van der Waals surface area contributed by atoms with E-state index in [0.717, 1.165) is 12.1 Å². The Hall–Kier alpha value is -1.06. The summed E-state index contributed by atoms with van der Waals surface area (Å²) in [5.41, 5.74) is 3.52. The van der Waals surface area contributed by atoms with Crippen molar-refractivity contribution in [3.05, 3.63) is 29.3 Å². The number of anilines is 1. The van der Waals surface area contributed by atoms with Gasteiger partial charge in [0.05, 0.1) is 18.8 Å². The third kappa shape index (κ3) is 6.40. The standard InChI is InChI=1S/C17H29NO2/c1-12(2)8-15(5)20-11-16(19)10-18-17-7-6-13(3)9-14(17)4/h6-7,9,12,15-16,18-19H,8,10-11H2,1-5H3. The maximum absolute atomic E-state index is 9.95. The Morgan fingerprint density at radius 3 is 2.50 bits per heavy atom. The van der Waals surface area contributed by atoms with E-state index in [1.165, 1.54) is 11.1 Å². The summed E-state index contributed by atoms with van der Waals surface area (Å²) in [7, 11) is 0. The molecule has 0 amide bonds. The number of aliphatic hydroxyl groups excluding tert-OH is 1. The van der Waals surface area contributed by atoms with Crippen molar-refractivity contribution in [3.8, 4) is 0 Å². The lowest BCUT2D eigenvalue weighted by atomic mass is 10.1. The van der Waals surface area contributed by atoms with Crippen LogP contribution in [0, 0.1) is 19.8 Å². The van der Waals surface area contributed by atoms with Crippen molar-refractivity contribution in [1.29, 1.82) is 0 Å². The maximum Gasteiger partial charge on any atom is 0.0945 e. The molecule has 3 heteroatoms. The predicted molar refractivity (Wildman–Crippen MR) is 85.3 cm³/mol. The summed E-state index contributed by atoms with van der Waals surface area (Å²) in [6.45, 7) is 11.5. The van der Waals surface area contributed by atoms with Gasteiger partial charge in [-0.3, -0.25) is 0 Å². The summed E-state index contributed by atoms with van der Waals surface area (Å²) in [6, 6.07) is 6.26. The number of aryl methyl sites for hydroxylation is 2. The van der Waals surface area contributed by atoms with E-state index < -0.39 is 6.10 Å². The number of nitrogens with one attached hydrogen (secondary N) is 1. The Morgan fingerprint density at radius 1 is 1.20 bits per heavy atom. The average molecular weight is 279 g/mol. The first-order chi connectivity index (χ1) is 9.38. The summed E-state index contributed by atoms with van der Waals surface area (Å²) < 4.78 is 5.66. The second-order valence-electron chi connectivity index (χ2n) is 6.13. The summed E-state index contributed by atoms with van der Waals surface area (Å²) >= 11 is 0. The third-order valence-corrected chi connectivity index (χ3v) is 3.29. The molecule has 2 atom stereocenters. The molecule has 0 aliphatic heterocycles. The Labute approximate surface area is 123 Å². The normalized spacial score (nSPS) is 14.3. The van der Waals surface area contributed by atoms with Gasteiger partial charge in [-0.15, -0.1) is 0 Å². The molecule has 20 heavy (non-hydrogen) atoms. The second kappa shape index (κ2) is 8.28. The SMILES string of the molecule is Cc1ccc(NCC(O)COC(C)CC(C)C)c(C)c1. The molecule has 114 valence electrons. The number of benzene rings is 1. The average Bonchev–Trinajstić information content (AvgIpc) is 2.34. The van der Waals surface area contributed by atoms with E-state index in [9.17, 15) is 5.11 Å². The van der Waals surface area contributed by atoms with E-state index in [1.807, 2.05) is 0 Å². The number of rotatable bonds is 8. The maximum atomic E-state index is 9.95. The van der Waals surface area contributed by atoms with Crippen molar-refractivity contribution in [2.24, 2.45) is 5.92 Å². The molecule has 1 aromatic carbocycles. The quantitative estimate of drug-likeness (QED) is 0.765. The van der Waals surface area contributed by atoms with E-state index in [2.05, 4.69) is 58.1 Å². The molecule has 2 unspecified atom stereocenters. The number of hydrogen-bond donors (Lipinski definition) is 2. The molecule has 0 fully saturated rings. The van der Waals surface area contributed by atoms with Gasteiger partial charge in [-0.05, 0) is 44.7 Å². The molecule has 3 nitrogen and oxygen atoms in total. The van der Waals surface area contributed by atoms with Gasteiger partial charge in [0.25, 0.3) is 0 Å². The monoisotopic (exact) mass is 279 g/mol. The van der Waals surface area contributed by atoms with Crippen LogP contribution < -0.4 is 5.32 Å². The highest BCUT2D eigenvalue weighted by atomic mass is 16.5. The van der Waals surface area contributed by atoms with Gasteiger partial charge >= 0.3 is 0 Å². The van der Waals surface area contributed by atoms with E-state index >= 15 is 0 Å². The van der Waals surface area contributed by atoms with Crippen LogP contribution in [0.2, 0.25) is 0 Å². The highest BCUT2D eigenvalue weighted by Crippen LogP contribution is 2.16. The Balaban J connectivity index is 2.30. The zero-order valence-electron chi connectivity index (χ0n) is 13.4. The molecule has 0 bridgehead atoms. The topological polar surface area (TPSA) is 41.5 Å². The van der Waals surface area contributed by atoms with Gasteiger partial charge in [0.15, 0.2) is 0 Å². The van der Waals surface area contributed by atoms with Crippen LogP contribution in [0.3, 0.4) is 0 Å². The molecular weight excluding hydrogens is 250 g/mol. The van der Waals surface area contributed by atoms with Gasteiger partial charge in [0, 0.05) is 12.2 Å². The van der Waals surface area contributed by atoms with E-state index in [4.69, 9.17) is 4.74 Å². The summed E-state index contributed by atoms with van der Waals surface area (Å²) in [6.07, 6.45) is 0.744. The fraction of sp³-hybridized carbons (Fsp3) is 0.647. The molecule has 0 aromatic heterocycles. The van der Waals surface area contributed by atoms with Crippen LogP contribution in [0.1, 0.15) is 38.3 Å². The lowest BCUT2D eigenvalue weighted by molar-refractivity contribution is -0.00444. The lowest BCUT2D eigenvalue weighted by Crippen LogP contribution is -2.27. The minimum absolute atomic E-state index is 0.200. The molecule has 0 aliphatic carbocycles. The molecule has 1 rings (SSSR count). The summed E-state index contributed by atoms with van der Waals surface area (Å²) in [5, 5.41) is 13.2. The van der Waals surface area contributed by atoms with Crippen molar-refractivity contribution in [2.75, 3.05) is 18.5 Å². The third-order valence-electron chi connectivity index (χ3n) is 3.29. The van der Waals surface area contributed by atoms with Gasteiger partial charge in [0.1, 0.15) is 0 Å². The minimum atomic E-state index is -0.481.